The van der Waals surface area contributed by atoms with Crippen molar-refractivity contribution >= 4 is 28.4 Å². The molecule has 0 bridgehead atoms. The first kappa shape index (κ1) is 14.9. The van der Waals surface area contributed by atoms with Crippen molar-refractivity contribution in [1.82, 2.24) is 15.2 Å². The van der Waals surface area contributed by atoms with Gasteiger partial charge in [-0.3, -0.25) is 4.79 Å². The smallest absolute Gasteiger partial charge is 0.272 e. The van der Waals surface area contributed by atoms with Crippen molar-refractivity contribution in [1.29, 1.82) is 0 Å². The minimum atomic E-state index is 0.0349. The number of benzene rings is 1. The Morgan fingerprint density at radius 2 is 1.96 bits per heavy atom. The summed E-state index contributed by atoms with van der Waals surface area (Å²) in [6.07, 6.45) is 3.41. The molecule has 0 unspecified atom stereocenters. The minimum Gasteiger partial charge on any atom is -0.337 e. The second-order valence-corrected chi connectivity index (χ2v) is 7.19. The lowest BCUT2D eigenvalue weighted by molar-refractivity contribution is 0.0602. The molecule has 1 amide bonds. The summed E-state index contributed by atoms with van der Waals surface area (Å²) in [5.74, 6) is 0.0349. The highest BCUT2D eigenvalue weighted by molar-refractivity contribution is 6.31. The lowest BCUT2D eigenvalue weighted by Crippen LogP contribution is -2.44. The zero-order valence-corrected chi connectivity index (χ0v) is 13.8. The molecule has 3 heterocycles. The number of pyridine rings is 1. The molecule has 0 saturated carbocycles. The van der Waals surface area contributed by atoms with E-state index < -0.39 is 0 Å². The van der Waals surface area contributed by atoms with E-state index >= 15 is 0 Å². The predicted molar refractivity (Wildman–Crippen MR) is 91.8 cm³/mol. The van der Waals surface area contributed by atoms with E-state index in [1.54, 1.807) is 0 Å². The fraction of sp³-hybridized carbons (Fsp3) is 0.444. The highest BCUT2D eigenvalue weighted by Crippen LogP contribution is 2.37. The van der Waals surface area contributed by atoms with E-state index in [0.29, 0.717) is 16.1 Å². The molecule has 0 aliphatic carbocycles. The Balaban J connectivity index is 1.53. The molecule has 0 atom stereocenters. The zero-order valence-electron chi connectivity index (χ0n) is 13.0. The summed E-state index contributed by atoms with van der Waals surface area (Å²) in [4.78, 5) is 19.2. The first-order valence-corrected chi connectivity index (χ1v) is 8.59. The number of likely N-dealkylation sites (tertiary alicyclic amines) is 1. The molecule has 1 aromatic heterocycles. The second-order valence-electron chi connectivity index (χ2n) is 6.75. The van der Waals surface area contributed by atoms with Crippen LogP contribution < -0.4 is 5.32 Å². The monoisotopic (exact) mass is 329 g/mol. The summed E-state index contributed by atoms with van der Waals surface area (Å²) in [5.41, 5.74) is 1.71. The molecule has 2 aliphatic rings. The molecule has 2 fully saturated rings. The summed E-state index contributed by atoms with van der Waals surface area (Å²) in [5, 5.41) is 5.10. The van der Waals surface area contributed by atoms with E-state index in [1.165, 1.54) is 6.42 Å². The van der Waals surface area contributed by atoms with E-state index in [4.69, 9.17) is 11.6 Å². The van der Waals surface area contributed by atoms with Crippen LogP contribution >= 0.6 is 11.6 Å². The van der Waals surface area contributed by atoms with Gasteiger partial charge in [-0.05, 0) is 49.4 Å². The van der Waals surface area contributed by atoms with Crippen molar-refractivity contribution in [3.63, 3.8) is 0 Å². The van der Waals surface area contributed by atoms with Crippen LogP contribution in [0.25, 0.3) is 10.9 Å². The van der Waals surface area contributed by atoms with Gasteiger partial charge in [-0.2, -0.15) is 0 Å². The number of hydrogen-bond donors (Lipinski definition) is 1. The van der Waals surface area contributed by atoms with Crippen molar-refractivity contribution in [2.75, 3.05) is 26.2 Å². The number of piperidine rings is 1. The molecule has 120 valence electrons. The number of carbonyl (C=O) groups excluding carboxylic acids is 1. The summed E-state index contributed by atoms with van der Waals surface area (Å²) in [6, 6.07) is 9.34. The van der Waals surface area contributed by atoms with E-state index in [-0.39, 0.29) is 5.91 Å². The van der Waals surface area contributed by atoms with Crippen LogP contribution in [0.15, 0.2) is 30.3 Å². The van der Waals surface area contributed by atoms with Crippen LogP contribution in [0.2, 0.25) is 5.02 Å². The maximum Gasteiger partial charge on any atom is 0.272 e. The summed E-state index contributed by atoms with van der Waals surface area (Å²) in [6.45, 7) is 3.87. The first-order valence-electron chi connectivity index (χ1n) is 8.22. The Morgan fingerprint density at radius 3 is 2.70 bits per heavy atom. The highest BCUT2D eigenvalue weighted by atomic mass is 35.5. The van der Waals surface area contributed by atoms with Gasteiger partial charge >= 0.3 is 0 Å². The molecule has 23 heavy (non-hydrogen) atoms. The number of aromatic nitrogens is 1. The van der Waals surface area contributed by atoms with Gasteiger partial charge in [0.15, 0.2) is 0 Å². The third-order valence-corrected chi connectivity index (χ3v) is 5.55. The van der Waals surface area contributed by atoms with Crippen LogP contribution in [0.5, 0.6) is 0 Å². The topological polar surface area (TPSA) is 45.2 Å². The molecule has 2 saturated heterocycles. The minimum absolute atomic E-state index is 0.0349. The summed E-state index contributed by atoms with van der Waals surface area (Å²) < 4.78 is 0. The normalized spacial score (nSPS) is 20.3. The number of fused-ring (bicyclic) bond motifs is 1. The van der Waals surface area contributed by atoms with Crippen LogP contribution in [0.1, 0.15) is 29.8 Å². The molecular weight excluding hydrogens is 310 g/mol. The van der Waals surface area contributed by atoms with Crippen LogP contribution in [0.3, 0.4) is 0 Å². The quantitative estimate of drug-likeness (QED) is 0.874. The number of amides is 1. The molecule has 4 rings (SSSR count). The Labute approximate surface area is 140 Å². The Bertz CT molecular complexity index is 745. The van der Waals surface area contributed by atoms with Crippen molar-refractivity contribution in [2.45, 2.75) is 19.3 Å². The fourth-order valence-electron chi connectivity index (χ4n) is 3.78. The van der Waals surface area contributed by atoms with Gasteiger partial charge in [0, 0.05) is 30.0 Å². The van der Waals surface area contributed by atoms with Crippen LogP contribution in [0, 0.1) is 5.41 Å². The third kappa shape index (κ3) is 2.81. The van der Waals surface area contributed by atoms with Gasteiger partial charge in [0.05, 0.1) is 5.52 Å². The van der Waals surface area contributed by atoms with Gasteiger partial charge < -0.3 is 10.2 Å². The Kier molecular flexibility index (Phi) is 3.74. The number of rotatable bonds is 1. The van der Waals surface area contributed by atoms with Crippen molar-refractivity contribution in [2.24, 2.45) is 5.41 Å². The van der Waals surface area contributed by atoms with Gasteiger partial charge in [-0.25, -0.2) is 4.98 Å². The molecule has 1 spiro atoms. The summed E-state index contributed by atoms with van der Waals surface area (Å²) in [7, 11) is 0. The van der Waals surface area contributed by atoms with Crippen molar-refractivity contribution < 1.29 is 4.79 Å². The lowest BCUT2D eigenvalue weighted by atomic mass is 9.78. The van der Waals surface area contributed by atoms with Gasteiger partial charge in [-0.1, -0.05) is 23.7 Å². The van der Waals surface area contributed by atoms with Gasteiger partial charge in [0.2, 0.25) is 0 Å². The number of carbonyl (C=O) groups is 1. The fourth-order valence-corrected chi connectivity index (χ4v) is 3.94. The molecule has 1 N–H and O–H groups in total. The van der Waals surface area contributed by atoms with Crippen molar-refractivity contribution in [3.05, 3.63) is 41.0 Å². The molecular formula is C18H20ClN3O. The van der Waals surface area contributed by atoms with E-state index in [1.807, 2.05) is 35.2 Å². The molecule has 0 radical (unpaired) electrons. The van der Waals surface area contributed by atoms with E-state index in [0.717, 1.165) is 49.9 Å². The van der Waals surface area contributed by atoms with E-state index in [2.05, 4.69) is 10.3 Å². The summed E-state index contributed by atoms with van der Waals surface area (Å²) >= 11 is 6.03. The number of nitrogens with one attached hydrogen (secondary N) is 1. The van der Waals surface area contributed by atoms with E-state index in [9.17, 15) is 4.79 Å². The maximum absolute atomic E-state index is 12.7. The van der Waals surface area contributed by atoms with Crippen molar-refractivity contribution in [3.8, 4) is 0 Å². The Morgan fingerprint density at radius 1 is 1.17 bits per heavy atom. The Hall–Kier alpha value is -1.65. The molecule has 5 heteroatoms. The SMILES string of the molecule is O=C(c1ccc2ccc(Cl)cc2n1)N1CCC2(CCNC2)CC1. The van der Waals surface area contributed by atoms with Crippen LogP contribution in [-0.2, 0) is 0 Å². The lowest BCUT2D eigenvalue weighted by Gasteiger charge is -2.38. The third-order valence-electron chi connectivity index (χ3n) is 5.32. The number of hydrogen-bond acceptors (Lipinski definition) is 3. The van der Waals surface area contributed by atoms with Crippen LogP contribution in [-0.4, -0.2) is 42.0 Å². The predicted octanol–water partition coefficient (Wildman–Crippen LogP) is 3.10. The van der Waals surface area contributed by atoms with Gasteiger partial charge in [0.1, 0.15) is 5.69 Å². The molecule has 4 nitrogen and oxygen atoms in total. The molecule has 2 aliphatic heterocycles. The largest absolute Gasteiger partial charge is 0.337 e. The number of halogens is 1. The van der Waals surface area contributed by atoms with Crippen LogP contribution in [0.4, 0.5) is 0 Å². The standard InChI is InChI=1S/C18H20ClN3O/c19-14-3-1-13-2-4-15(21-16(13)11-14)17(23)22-9-6-18(7-10-22)5-8-20-12-18/h1-4,11,20H,5-10,12H2. The highest BCUT2D eigenvalue weighted by Gasteiger charge is 2.38. The average Bonchev–Trinajstić information content (AvgIpc) is 3.02. The zero-order chi connectivity index (χ0) is 15.9. The van der Waals surface area contributed by atoms with Gasteiger partial charge in [-0.15, -0.1) is 0 Å². The molecule has 2 aromatic rings. The molecule has 1 aromatic carbocycles. The van der Waals surface area contributed by atoms with Gasteiger partial charge in [0.25, 0.3) is 5.91 Å². The average molecular weight is 330 g/mol. The number of nitrogens with zero attached hydrogens (tertiary/aromatic N) is 2. The maximum atomic E-state index is 12.7. The first-order chi connectivity index (χ1) is 11.2. The second kappa shape index (κ2) is 5.77.